The minimum atomic E-state index is -0.429. The van der Waals surface area contributed by atoms with Crippen molar-refractivity contribution in [2.45, 2.75) is 31.8 Å². The molecule has 5 rings (SSSR count). The Morgan fingerprint density at radius 3 is 2.79 bits per heavy atom. The number of pyridine rings is 1. The van der Waals surface area contributed by atoms with Crippen LogP contribution in [0, 0.1) is 23.7 Å². The van der Waals surface area contributed by atoms with Gasteiger partial charge in [-0.05, 0) is 79.2 Å². The van der Waals surface area contributed by atoms with E-state index in [9.17, 15) is 5.11 Å². The highest BCUT2D eigenvalue weighted by atomic mass is 16.5. The molecule has 126 valence electrons. The van der Waals surface area contributed by atoms with Crippen LogP contribution < -0.4 is 4.74 Å². The van der Waals surface area contributed by atoms with Crippen molar-refractivity contribution < 1.29 is 9.84 Å². The van der Waals surface area contributed by atoms with Gasteiger partial charge in [0.25, 0.3) is 0 Å². The van der Waals surface area contributed by atoms with Crippen molar-refractivity contribution in [3.05, 3.63) is 48.7 Å². The van der Waals surface area contributed by atoms with Gasteiger partial charge in [0.1, 0.15) is 5.75 Å². The molecule has 0 saturated heterocycles. The number of methoxy groups -OCH3 is 1. The Balaban J connectivity index is 1.69. The molecular formula is C21H25NO2. The topological polar surface area (TPSA) is 42.4 Å². The largest absolute Gasteiger partial charge is 0.497 e. The lowest BCUT2D eigenvalue weighted by Gasteiger charge is -2.48. The highest BCUT2D eigenvalue weighted by Gasteiger charge is 2.43. The van der Waals surface area contributed by atoms with Gasteiger partial charge in [0.05, 0.1) is 18.7 Å². The molecule has 24 heavy (non-hydrogen) atoms. The van der Waals surface area contributed by atoms with Crippen LogP contribution in [0.1, 0.15) is 37.4 Å². The number of aromatic nitrogens is 1. The third kappa shape index (κ3) is 2.51. The van der Waals surface area contributed by atoms with Crippen molar-refractivity contribution in [2.75, 3.05) is 7.11 Å². The smallest absolute Gasteiger partial charge is 0.119 e. The maximum atomic E-state index is 11.2. The lowest BCUT2D eigenvalue weighted by Crippen LogP contribution is -2.39. The van der Waals surface area contributed by atoms with E-state index in [1.54, 1.807) is 13.3 Å². The van der Waals surface area contributed by atoms with Gasteiger partial charge in [-0.15, -0.1) is 6.58 Å². The number of fused-ring (bicyclic) bond motifs is 4. The van der Waals surface area contributed by atoms with Crippen LogP contribution in [0.15, 0.2) is 43.1 Å². The normalized spacial score (nSPS) is 30.2. The summed E-state index contributed by atoms with van der Waals surface area (Å²) in [4.78, 5) is 4.44. The first-order valence-electron chi connectivity index (χ1n) is 8.94. The van der Waals surface area contributed by atoms with E-state index >= 15 is 0 Å². The van der Waals surface area contributed by atoms with Gasteiger partial charge >= 0.3 is 0 Å². The number of aliphatic hydroxyl groups is 1. The van der Waals surface area contributed by atoms with E-state index in [4.69, 9.17) is 4.74 Å². The van der Waals surface area contributed by atoms with Gasteiger partial charge < -0.3 is 9.84 Å². The zero-order valence-corrected chi connectivity index (χ0v) is 14.2. The average Bonchev–Trinajstić information content (AvgIpc) is 2.66. The Morgan fingerprint density at radius 2 is 2.08 bits per heavy atom. The molecule has 3 aliphatic rings. The van der Waals surface area contributed by atoms with Crippen LogP contribution in [0.3, 0.4) is 0 Å². The second-order valence-corrected chi connectivity index (χ2v) is 7.36. The van der Waals surface area contributed by atoms with Gasteiger partial charge in [-0.1, -0.05) is 6.08 Å². The molecule has 3 fully saturated rings. The third-order valence-corrected chi connectivity index (χ3v) is 6.28. The number of ether oxygens (including phenoxy) is 1. The Kier molecular flexibility index (Phi) is 4.05. The average molecular weight is 323 g/mol. The lowest BCUT2D eigenvalue weighted by atomic mass is 9.58. The number of aliphatic hydroxyl groups excluding tert-OH is 1. The number of benzene rings is 1. The summed E-state index contributed by atoms with van der Waals surface area (Å²) in [6.07, 6.45) is 8.32. The summed E-state index contributed by atoms with van der Waals surface area (Å²) in [5, 5.41) is 12.2. The maximum Gasteiger partial charge on any atom is 0.119 e. The predicted octanol–water partition coefficient (Wildman–Crippen LogP) is 4.52. The van der Waals surface area contributed by atoms with Gasteiger partial charge in [-0.3, -0.25) is 4.98 Å². The van der Waals surface area contributed by atoms with Crippen LogP contribution in [0.5, 0.6) is 5.75 Å². The van der Waals surface area contributed by atoms with Crippen LogP contribution in [0.25, 0.3) is 10.9 Å². The predicted molar refractivity (Wildman–Crippen MR) is 95.9 cm³/mol. The van der Waals surface area contributed by atoms with E-state index in [0.717, 1.165) is 28.6 Å². The summed E-state index contributed by atoms with van der Waals surface area (Å²) in [6, 6.07) is 7.85. The fourth-order valence-electron chi connectivity index (χ4n) is 4.96. The summed E-state index contributed by atoms with van der Waals surface area (Å²) in [5.41, 5.74) is 1.91. The summed E-state index contributed by atoms with van der Waals surface area (Å²) in [6.45, 7) is 4.01. The number of hydrogen-bond acceptors (Lipinski definition) is 3. The van der Waals surface area contributed by atoms with Crippen molar-refractivity contribution >= 4 is 10.9 Å². The standard InChI is InChI=1S/C21H25NO2/c1-3-13-10-15-5-4-14(13)11-18(15)21(23)17-8-9-22-20-7-6-16(24-2)12-19(17)20/h3,6-9,12-15,18,21,23H,1,4-5,10-11H2,2H3/t13-,14+,15?,18+,21?/m1/s1. The molecule has 0 amide bonds. The van der Waals surface area contributed by atoms with Gasteiger partial charge in [-0.2, -0.15) is 0 Å². The summed E-state index contributed by atoms with van der Waals surface area (Å²) in [7, 11) is 1.67. The molecule has 0 aliphatic heterocycles. The first kappa shape index (κ1) is 15.6. The molecule has 2 aromatic rings. The Hall–Kier alpha value is -1.87. The van der Waals surface area contributed by atoms with Gasteiger partial charge in [-0.25, -0.2) is 0 Å². The SMILES string of the molecule is C=C[C@@H]1CC2CC[C@H]1C[C@@H]2C(O)c1ccnc2ccc(OC)cc12. The molecule has 0 radical (unpaired) electrons. The van der Waals surface area contributed by atoms with E-state index in [-0.39, 0.29) is 0 Å². The highest BCUT2D eigenvalue weighted by Crippen LogP contribution is 2.52. The molecule has 1 N–H and O–H groups in total. The summed E-state index contributed by atoms with van der Waals surface area (Å²) in [5.74, 6) is 3.08. The minimum Gasteiger partial charge on any atom is -0.497 e. The molecule has 1 heterocycles. The molecule has 3 heteroatoms. The zero-order valence-electron chi connectivity index (χ0n) is 14.2. The fraction of sp³-hybridized carbons (Fsp3) is 0.476. The molecule has 1 aromatic heterocycles. The molecule has 2 bridgehead atoms. The van der Waals surface area contributed by atoms with Crippen LogP contribution in [0.4, 0.5) is 0 Å². The molecule has 0 spiro atoms. The highest BCUT2D eigenvalue weighted by molar-refractivity contribution is 5.83. The van der Waals surface area contributed by atoms with Crippen LogP contribution in [0.2, 0.25) is 0 Å². The quantitative estimate of drug-likeness (QED) is 0.842. The molecule has 2 unspecified atom stereocenters. The molecule has 3 nitrogen and oxygen atoms in total. The van der Waals surface area contributed by atoms with Crippen molar-refractivity contribution in [2.24, 2.45) is 23.7 Å². The monoisotopic (exact) mass is 323 g/mol. The van der Waals surface area contributed by atoms with E-state index in [2.05, 4.69) is 17.6 Å². The Bertz CT molecular complexity index is 757. The Labute approximate surface area is 143 Å². The van der Waals surface area contributed by atoms with Crippen LogP contribution >= 0.6 is 0 Å². The van der Waals surface area contributed by atoms with Crippen molar-refractivity contribution in [3.8, 4) is 5.75 Å². The zero-order chi connectivity index (χ0) is 16.7. The second-order valence-electron chi connectivity index (χ2n) is 7.36. The van der Waals surface area contributed by atoms with Gasteiger partial charge in [0, 0.05) is 11.6 Å². The van der Waals surface area contributed by atoms with Crippen LogP contribution in [-0.2, 0) is 0 Å². The van der Waals surface area contributed by atoms with Crippen molar-refractivity contribution in [1.82, 2.24) is 4.98 Å². The number of allylic oxidation sites excluding steroid dienone is 1. The first-order chi connectivity index (χ1) is 11.7. The summed E-state index contributed by atoms with van der Waals surface area (Å²) < 4.78 is 5.36. The number of hydrogen-bond donors (Lipinski definition) is 1. The molecule has 5 atom stereocenters. The fourth-order valence-corrected chi connectivity index (χ4v) is 4.96. The lowest BCUT2D eigenvalue weighted by molar-refractivity contribution is -0.0217. The van der Waals surface area contributed by atoms with Gasteiger partial charge in [0.15, 0.2) is 0 Å². The minimum absolute atomic E-state index is 0.344. The first-order valence-corrected chi connectivity index (χ1v) is 8.94. The van der Waals surface area contributed by atoms with Crippen molar-refractivity contribution in [1.29, 1.82) is 0 Å². The van der Waals surface area contributed by atoms with Crippen molar-refractivity contribution in [3.63, 3.8) is 0 Å². The summed E-state index contributed by atoms with van der Waals surface area (Å²) >= 11 is 0. The third-order valence-electron chi connectivity index (χ3n) is 6.28. The van der Waals surface area contributed by atoms with Gasteiger partial charge in [0.2, 0.25) is 0 Å². The van der Waals surface area contributed by atoms with E-state index in [1.807, 2.05) is 24.3 Å². The van der Waals surface area contributed by atoms with E-state index in [0.29, 0.717) is 23.7 Å². The maximum absolute atomic E-state index is 11.2. The number of nitrogens with zero attached hydrogens (tertiary/aromatic N) is 1. The van der Waals surface area contributed by atoms with E-state index in [1.165, 1.54) is 19.3 Å². The molecular weight excluding hydrogens is 298 g/mol. The molecule has 1 aromatic carbocycles. The molecule has 3 aliphatic carbocycles. The Morgan fingerprint density at radius 1 is 1.25 bits per heavy atom. The molecule has 3 saturated carbocycles. The van der Waals surface area contributed by atoms with Crippen LogP contribution in [-0.4, -0.2) is 17.2 Å². The van der Waals surface area contributed by atoms with E-state index < -0.39 is 6.10 Å². The second kappa shape index (κ2) is 6.21. The number of rotatable bonds is 4.